The number of nitrogens with two attached hydrogens (primary N) is 1. The Morgan fingerprint density at radius 2 is 2.06 bits per heavy atom. The van der Waals surface area contributed by atoms with Crippen molar-refractivity contribution in [2.75, 3.05) is 0 Å². The van der Waals surface area contributed by atoms with Crippen LogP contribution in [0.2, 0.25) is 0 Å². The Hall–Kier alpha value is -1.70. The Balaban J connectivity index is 2.24. The zero-order valence-electron chi connectivity index (χ0n) is 11.0. The van der Waals surface area contributed by atoms with Crippen molar-refractivity contribution in [1.29, 1.82) is 0 Å². The molecule has 0 amide bonds. The van der Waals surface area contributed by atoms with Gasteiger partial charge in [-0.1, -0.05) is 44.4 Å². The molecule has 1 heterocycles. The molecule has 0 radical (unpaired) electrons. The van der Waals surface area contributed by atoms with Gasteiger partial charge in [0, 0.05) is 11.7 Å². The number of para-hydroxylation sites is 1. The van der Waals surface area contributed by atoms with Gasteiger partial charge >= 0.3 is 0 Å². The second-order valence-electron chi connectivity index (χ2n) is 4.73. The van der Waals surface area contributed by atoms with Crippen molar-refractivity contribution >= 4 is 10.9 Å². The van der Waals surface area contributed by atoms with Crippen molar-refractivity contribution in [3.63, 3.8) is 0 Å². The number of rotatable bonds is 6. The fraction of sp³-hybridized carbons (Fsp3) is 0.375. The zero-order valence-corrected chi connectivity index (χ0v) is 11.0. The summed E-state index contributed by atoms with van der Waals surface area (Å²) in [4.78, 5) is 0. The Kier molecular flexibility index (Phi) is 4.46. The van der Waals surface area contributed by atoms with Crippen molar-refractivity contribution in [1.82, 2.24) is 4.57 Å². The first kappa shape index (κ1) is 12.7. The SMILES string of the molecule is CCCCCC(/C=C/N)n1ccc2ccccc21. The van der Waals surface area contributed by atoms with E-state index in [0.717, 1.165) is 6.42 Å². The highest BCUT2D eigenvalue weighted by Crippen LogP contribution is 2.24. The van der Waals surface area contributed by atoms with Crippen LogP contribution >= 0.6 is 0 Å². The summed E-state index contributed by atoms with van der Waals surface area (Å²) in [7, 11) is 0. The minimum Gasteiger partial charge on any atom is -0.405 e. The van der Waals surface area contributed by atoms with E-state index in [-0.39, 0.29) is 0 Å². The third kappa shape index (κ3) is 2.76. The van der Waals surface area contributed by atoms with Crippen LogP contribution in [0.4, 0.5) is 0 Å². The predicted molar refractivity (Wildman–Crippen MR) is 78.4 cm³/mol. The average molecular weight is 242 g/mol. The van der Waals surface area contributed by atoms with E-state index in [1.165, 1.54) is 30.2 Å². The van der Waals surface area contributed by atoms with Gasteiger partial charge in [-0.3, -0.25) is 0 Å². The molecule has 0 aliphatic rings. The lowest BCUT2D eigenvalue weighted by molar-refractivity contribution is 0.530. The molecule has 0 saturated heterocycles. The van der Waals surface area contributed by atoms with Crippen LogP contribution in [0.25, 0.3) is 10.9 Å². The van der Waals surface area contributed by atoms with Crippen molar-refractivity contribution in [3.05, 3.63) is 48.8 Å². The highest BCUT2D eigenvalue weighted by molar-refractivity contribution is 5.80. The number of hydrogen-bond donors (Lipinski definition) is 1. The Labute approximate surface area is 109 Å². The second-order valence-corrected chi connectivity index (χ2v) is 4.73. The number of hydrogen-bond acceptors (Lipinski definition) is 1. The minimum atomic E-state index is 0.376. The first-order valence-electron chi connectivity index (χ1n) is 6.80. The molecule has 1 unspecified atom stereocenters. The first-order chi connectivity index (χ1) is 8.86. The molecule has 18 heavy (non-hydrogen) atoms. The molecule has 2 aromatic rings. The van der Waals surface area contributed by atoms with Crippen LogP contribution in [0, 0.1) is 0 Å². The molecule has 1 aromatic heterocycles. The Bertz CT molecular complexity index is 511. The quantitative estimate of drug-likeness (QED) is 0.755. The van der Waals surface area contributed by atoms with E-state index in [2.05, 4.69) is 54.1 Å². The van der Waals surface area contributed by atoms with Crippen LogP contribution in [0.5, 0.6) is 0 Å². The zero-order chi connectivity index (χ0) is 12.8. The molecule has 2 heteroatoms. The molecule has 2 rings (SSSR count). The standard InChI is InChI=1S/C16H22N2/c1-2-3-4-8-15(10-12-17)18-13-11-14-7-5-6-9-16(14)18/h5-7,9-13,15H,2-4,8,17H2,1H3/b12-10+. The van der Waals surface area contributed by atoms with Gasteiger partial charge < -0.3 is 10.3 Å². The first-order valence-corrected chi connectivity index (χ1v) is 6.80. The summed E-state index contributed by atoms with van der Waals surface area (Å²) in [6, 6.07) is 11.0. The summed E-state index contributed by atoms with van der Waals surface area (Å²) in [5.41, 5.74) is 6.88. The van der Waals surface area contributed by atoms with Crippen molar-refractivity contribution in [2.24, 2.45) is 5.73 Å². The number of unbranched alkanes of at least 4 members (excludes halogenated alkanes) is 2. The molecule has 2 nitrogen and oxygen atoms in total. The fourth-order valence-corrected chi connectivity index (χ4v) is 2.45. The van der Waals surface area contributed by atoms with Gasteiger partial charge in [-0.2, -0.15) is 0 Å². The third-order valence-electron chi connectivity index (χ3n) is 3.42. The van der Waals surface area contributed by atoms with E-state index in [1.807, 2.05) is 0 Å². The molecule has 0 saturated carbocycles. The second kappa shape index (κ2) is 6.29. The maximum atomic E-state index is 5.59. The summed E-state index contributed by atoms with van der Waals surface area (Å²) in [5, 5.41) is 1.29. The topological polar surface area (TPSA) is 30.9 Å². The minimum absolute atomic E-state index is 0.376. The predicted octanol–water partition coefficient (Wildman–Crippen LogP) is 4.24. The van der Waals surface area contributed by atoms with E-state index < -0.39 is 0 Å². The summed E-state index contributed by atoms with van der Waals surface area (Å²) in [6.07, 6.45) is 10.9. The van der Waals surface area contributed by atoms with E-state index in [9.17, 15) is 0 Å². The largest absolute Gasteiger partial charge is 0.405 e. The lowest BCUT2D eigenvalue weighted by Crippen LogP contribution is -2.06. The molecule has 0 fully saturated rings. The lowest BCUT2D eigenvalue weighted by Gasteiger charge is -2.16. The number of aromatic nitrogens is 1. The van der Waals surface area contributed by atoms with Crippen LogP contribution in [0.15, 0.2) is 48.8 Å². The van der Waals surface area contributed by atoms with E-state index >= 15 is 0 Å². The van der Waals surface area contributed by atoms with Gasteiger partial charge in [0.25, 0.3) is 0 Å². The van der Waals surface area contributed by atoms with Gasteiger partial charge in [0.2, 0.25) is 0 Å². The number of nitrogens with zero attached hydrogens (tertiary/aromatic N) is 1. The maximum Gasteiger partial charge on any atom is 0.0533 e. The smallest absolute Gasteiger partial charge is 0.0533 e. The molecular formula is C16H22N2. The van der Waals surface area contributed by atoms with Crippen molar-refractivity contribution in [3.8, 4) is 0 Å². The van der Waals surface area contributed by atoms with Crippen LogP contribution in [-0.2, 0) is 0 Å². The van der Waals surface area contributed by atoms with Gasteiger partial charge in [-0.15, -0.1) is 0 Å². The normalized spacial score (nSPS) is 13.4. The molecule has 0 aliphatic carbocycles. The molecule has 1 atom stereocenters. The number of allylic oxidation sites excluding steroid dienone is 1. The van der Waals surface area contributed by atoms with Gasteiger partial charge in [-0.25, -0.2) is 0 Å². The Morgan fingerprint density at radius 1 is 1.22 bits per heavy atom. The lowest BCUT2D eigenvalue weighted by atomic mass is 10.1. The Morgan fingerprint density at radius 3 is 2.83 bits per heavy atom. The van der Waals surface area contributed by atoms with Gasteiger partial charge in [0.15, 0.2) is 0 Å². The van der Waals surface area contributed by atoms with Crippen LogP contribution < -0.4 is 5.73 Å². The van der Waals surface area contributed by atoms with Crippen LogP contribution in [-0.4, -0.2) is 4.57 Å². The van der Waals surface area contributed by atoms with Crippen LogP contribution in [0.3, 0.4) is 0 Å². The number of benzene rings is 1. The summed E-state index contributed by atoms with van der Waals surface area (Å²) in [6.45, 7) is 2.23. The van der Waals surface area contributed by atoms with Gasteiger partial charge in [0.1, 0.15) is 0 Å². The molecule has 96 valence electrons. The molecule has 2 N–H and O–H groups in total. The van der Waals surface area contributed by atoms with Crippen molar-refractivity contribution < 1.29 is 0 Å². The molecular weight excluding hydrogens is 220 g/mol. The summed E-state index contributed by atoms with van der Waals surface area (Å²) >= 11 is 0. The summed E-state index contributed by atoms with van der Waals surface area (Å²) in [5.74, 6) is 0. The van der Waals surface area contributed by atoms with Gasteiger partial charge in [-0.05, 0) is 36.2 Å². The van der Waals surface area contributed by atoms with E-state index in [4.69, 9.17) is 5.73 Å². The summed E-state index contributed by atoms with van der Waals surface area (Å²) < 4.78 is 2.33. The van der Waals surface area contributed by atoms with Gasteiger partial charge in [0.05, 0.1) is 6.04 Å². The van der Waals surface area contributed by atoms with Crippen LogP contribution in [0.1, 0.15) is 38.6 Å². The maximum absolute atomic E-state index is 5.59. The highest BCUT2D eigenvalue weighted by Gasteiger charge is 2.09. The highest BCUT2D eigenvalue weighted by atomic mass is 15.0. The molecule has 0 spiro atoms. The average Bonchev–Trinajstić information content (AvgIpc) is 2.82. The monoisotopic (exact) mass is 242 g/mol. The van der Waals surface area contributed by atoms with Crippen molar-refractivity contribution in [2.45, 2.75) is 38.6 Å². The molecule has 1 aromatic carbocycles. The van der Waals surface area contributed by atoms with E-state index in [0.29, 0.717) is 6.04 Å². The molecule has 0 aliphatic heterocycles. The van der Waals surface area contributed by atoms with E-state index in [1.54, 1.807) is 6.20 Å². The fourth-order valence-electron chi connectivity index (χ4n) is 2.45. The molecule has 0 bridgehead atoms. The number of fused-ring (bicyclic) bond motifs is 1. The third-order valence-corrected chi connectivity index (χ3v) is 3.42.